The van der Waals surface area contributed by atoms with Crippen LogP contribution in [0, 0.1) is 12.7 Å². The fraction of sp³-hybridized carbons (Fsp3) is 0.533. The maximum Gasteiger partial charge on any atom is 0.254 e. The van der Waals surface area contributed by atoms with Crippen LogP contribution in [0.3, 0.4) is 0 Å². The lowest BCUT2D eigenvalue weighted by Crippen LogP contribution is -2.48. The summed E-state index contributed by atoms with van der Waals surface area (Å²) < 4.78 is 13.2. The fourth-order valence-corrected chi connectivity index (χ4v) is 2.69. The molecule has 0 bridgehead atoms. The monoisotopic (exact) mass is 265 g/mol. The van der Waals surface area contributed by atoms with Gasteiger partial charge in [0.2, 0.25) is 0 Å². The van der Waals surface area contributed by atoms with Crippen molar-refractivity contribution >= 4 is 5.91 Å². The van der Waals surface area contributed by atoms with Crippen LogP contribution in [0.5, 0.6) is 0 Å². The van der Waals surface area contributed by atoms with Crippen LogP contribution in [0.1, 0.15) is 42.6 Å². The topological polar surface area (TPSA) is 40.5 Å². The zero-order valence-electron chi connectivity index (χ0n) is 11.6. The highest BCUT2D eigenvalue weighted by molar-refractivity contribution is 5.94. The maximum atomic E-state index is 13.2. The number of nitrogens with zero attached hydrogens (tertiary/aromatic N) is 1. The van der Waals surface area contributed by atoms with Gasteiger partial charge in [-0.25, -0.2) is 4.39 Å². The molecule has 4 heteroatoms. The van der Waals surface area contributed by atoms with Gasteiger partial charge in [-0.15, -0.1) is 0 Å². The Bertz CT molecular complexity index is 493. The van der Waals surface area contributed by atoms with Crippen LogP contribution < -0.4 is 0 Å². The number of rotatable bonds is 2. The molecule has 1 aliphatic heterocycles. The Balaban J connectivity index is 2.26. The molecule has 0 spiro atoms. The van der Waals surface area contributed by atoms with Crippen LogP contribution in [0.25, 0.3) is 0 Å². The molecule has 19 heavy (non-hydrogen) atoms. The molecule has 1 saturated heterocycles. The predicted molar refractivity (Wildman–Crippen MR) is 71.5 cm³/mol. The number of aliphatic hydroxyl groups is 1. The van der Waals surface area contributed by atoms with Crippen LogP contribution in [-0.2, 0) is 0 Å². The average Bonchev–Trinajstić information content (AvgIpc) is 2.80. The molecule has 1 heterocycles. The van der Waals surface area contributed by atoms with E-state index >= 15 is 0 Å². The lowest BCUT2D eigenvalue weighted by Gasteiger charge is -2.33. The maximum absolute atomic E-state index is 13.2. The van der Waals surface area contributed by atoms with E-state index in [9.17, 15) is 14.3 Å². The van der Waals surface area contributed by atoms with Crippen molar-refractivity contribution in [1.82, 2.24) is 4.90 Å². The molecule has 1 amide bonds. The molecule has 1 aromatic carbocycles. The second-order valence-electron chi connectivity index (χ2n) is 5.77. The molecular weight excluding hydrogens is 245 g/mol. The fourth-order valence-electron chi connectivity index (χ4n) is 2.69. The normalized spacial score (nSPS) is 19.8. The third kappa shape index (κ3) is 2.78. The molecule has 0 aliphatic carbocycles. The summed E-state index contributed by atoms with van der Waals surface area (Å²) in [6.45, 7) is 5.73. The van der Waals surface area contributed by atoms with E-state index in [1.54, 1.807) is 31.7 Å². The molecule has 1 aromatic rings. The number of halogens is 1. The molecular formula is C15H20FNO2. The van der Waals surface area contributed by atoms with Gasteiger partial charge in [-0.2, -0.15) is 0 Å². The lowest BCUT2D eigenvalue weighted by molar-refractivity contribution is 0.000330. The Labute approximate surface area is 113 Å². The zero-order chi connectivity index (χ0) is 14.2. The molecule has 1 atom stereocenters. The van der Waals surface area contributed by atoms with Crippen molar-refractivity contribution in [3.63, 3.8) is 0 Å². The summed E-state index contributed by atoms with van der Waals surface area (Å²) in [5, 5.41) is 10.1. The lowest BCUT2D eigenvalue weighted by atomic mass is 9.96. The van der Waals surface area contributed by atoms with Gasteiger partial charge in [0.25, 0.3) is 5.91 Å². The number of hydrogen-bond acceptors (Lipinski definition) is 2. The van der Waals surface area contributed by atoms with E-state index in [-0.39, 0.29) is 17.8 Å². The minimum Gasteiger partial charge on any atom is -0.388 e. The highest BCUT2D eigenvalue weighted by Gasteiger charge is 2.38. The van der Waals surface area contributed by atoms with E-state index in [2.05, 4.69) is 0 Å². The Morgan fingerprint density at radius 1 is 1.47 bits per heavy atom. The Morgan fingerprint density at radius 3 is 2.74 bits per heavy atom. The summed E-state index contributed by atoms with van der Waals surface area (Å²) in [7, 11) is 0. The van der Waals surface area contributed by atoms with Crippen molar-refractivity contribution in [3.8, 4) is 0 Å². The van der Waals surface area contributed by atoms with Crippen molar-refractivity contribution in [2.75, 3.05) is 6.54 Å². The second-order valence-corrected chi connectivity index (χ2v) is 5.77. The van der Waals surface area contributed by atoms with Gasteiger partial charge in [-0.3, -0.25) is 4.79 Å². The number of benzene rings is 1. The highest BCUT2D eigenvalue weighted by Crippen LogP contribution is 2.28. The average molecular weight is 265 g/mol. The Kier molecular flexibility index (Phi) is 3.63. The van der Waals surface area contributed by atoms with Gasteiger partial charge in [0, 0.05) is 12.1 Å². The zero-order valence-corrected chi connectivity index (χ0v) is 11.6. The van der Waals surface area contributed by atoms with E-state index in [1.807, 2.05) is 0 Å². The van der Waals surface area contributed by atoms with Crippen molar-refractivity contribution in [2.24, 2.45) is 0 Å². The van der Waals surface area contributed by atoms with Gasteiger partial charge in [0.05, 0.1) is 11.6 Å². The van der Waals surface area contributed by atoms with Gasteiger partial charge in [-0.05, 0) is 57.4 Å². The summed E-state index contributed by atoms with van der Waals surface area (Å²) in [6, 6.07) is 4.21. The van der Waals surface area contributed by atoms with Crippen LogP contribution in [0.2, 0.25) is 0 Å². The predicted octanol–water partition coefficient (Wildman–Crippen LogP) is 2.51. The summed E-state index contributed by atoms with van der Waals surface area (Å²) in [5.41, 5.74) is 0.0289. The minimum absolute atomic E-state index is 0.132. The first-order valence-corrected chi connectivity index (χ1v) is 6.60. The van der Waals surface area contributed by atoms with Gasteiger partial charge >= 0.3 is 0 Å². The second kappa shape index (κ2) is 4.93. The number of hydrogen-bond donors (Lipinski definition) is 1. The van der Waals surface area contributed by atoms with Crippen molar-refractivity contribution < 1.29 is 14.3 Å². The molecule has 1 fully saturated rings. The minimum atomic E-state index is -0.915. The molecule has 0 saturated carbocycles. The van der Waals surface area contributed by atoms with Crippen LogP contribution in [0.4, 0.5) is 4.39 Å². The smallest absolute Gasteiger partial charge is 0.254 e. The summed E-state index contributed by atoms with van der Waals surface area (Å²) in [5.74, 6) is -0.440. The number of carbonyl (C=O) groups excluding carboxylic acids is 1. The quantitative estimate of drug-likeness (QED) is 0.892. The Morgan fingerprint density at radius 2 is 2.16 bits per heavy atom. The molecule has 1 N–H and O–H groups in total. The van der Waals surface area contributed by atoms with Crippen molar-refractivity contribution in [3.05, 3.63) is 35.1 Å². The molecule has 1 aliphatic rings. The first-order chi connectivity index (χ1) is 8.80. The van der Waals surface area contributed by atoms with Gasteiger partial charge in [0.15, 0.2) is 0 Å². The van der Waals surface area contributed by atoms with Crippen LogP contribution >= 0.6 is 0 Å². The molecule has 1 unspecified atom stereocenters. The summed E-state index contributed by atoms with van der Waals surface area (Å²) >= 11 is 0. The van der Waals surface area contributed by atoms with E-state index in [0.29, 0.717) is 17.7 Å². The first kappa shape index (κ1) is 14.0. The number of amides is 1. The van der Waals surface area contributed by atoms with E-state index in [0.717, 1.165) is 12.8 Å². The van der Waals surface area contributed by atoms with Crippen molar-refractivity contribution in [1.29, 1.82) is 0 Å². The third-order valence-corrected chi connectivity index (χ3v) is 3.73. The van der Waals surface area contributed by atoms with E-state index in [4.69, 9.17) is 0 Å². The third-order valence-electron chi connectivity index (χ3n) is 3.73. The standard InChI is InChI=1S/C15H20FNO2/c1-10-9-11(6-7-12(10)16)14(18)17-8-4-5-13(17)15(2,3)19/h6-7,9,13,19H,4-5,8H2,1-3H3. The molecule has 0 radical (unpaired) electrons. The SMILES string of the molecule is Cc1cc(C(=O)N2CCCC2C(C)(C)O)ccc1F. The first-order valence-electron chi connectivity index (χ1n) is 6.60. The van der Waals surface area contributed by atoms with E-state index in [1.165, 1.54) is 12.1 Å². The van der Waals surface area contributed by atoms with E-state index < -0.39 is 5.60 Å². The Hall–Kier alpha value is -1.42. The van der Waals surface area contributed by atoms with Gasteiger partial charge < -0.3 is 10.0 Å². The highest BCUT2D eigenvalue weighted by atomic mass is 19.1. The number of carbonyl (C=O) groups is 1. The summed E-state index contributed by atoms with van der Waals surface area (Å²) in [6.07, 6.45) is 1.69. The van der Waals surface area contributed by atoms with Crippen molar-refractivity contribution in [2.45, 2.75) is 45.3 Å². The molecule has 0 aromatic heterocycles. The number of likely N-dealkylation sites (tertiary alicyclic amines) is 1. The largest absolute Gasteiger partial charge is 0.388 e. The van der Waals surface area contributed by atoms with Gasteiger partial charge in [0.1, 0.15) is 5.82 Å². The van der Waals surface area contributed by atoms with Crippen LogP contribution in [-0.4, -0.2) is 34.1 Å². The molecule has 3 nitrogen and oxygen atoms in total. The molecule has 2 rings (SSSR count). The number of aryl methyl sites for hydroxylation is 1. The van der Waals surface area contributed by atoms with Crippen LogP contribution in [0.15, 0.2) is 18.2 Å². The molecule has 104 valence electrons. The summed E-state index contributed by atoms with van der Waals surface area (Å²) in [4.78, 5) is 14.2. The van der Waals surface area contributed by atoms with Gasteiger partial charge in [-0.1, -0.05) is 0 Å².